The molecule has 154 valence electrons. The number of aliphatic hydroxyl groups is 1. The monoisotopic (exact) mass is 398 g/mol. The van der Waals surface area contributed by atoms with Gasteiger partial charge in [-0.25, -0.2) is 0 Å². The maximum absolute atomic E-state index is 12.7. The first kappa shape index (κ1) is 19.4. The lowest BCUT2D eigenvalue weighted by atomic mass is 10.0. The lowest BCUT2D eigenvalue weighted by Gasteiger charge is -2.20. The number of aryl methyl sites for hydroxylation is 2. The predicted molar refractivity (Wildman–Crippen MR) is 108 cm³/mol. The fraction of sp³-hybridized carbons (Fsp3) is 0.476. The van der Waals surface area contributed by atoms with Gasteiger partial charge in [-0.15, -0.1) is 0 Å². The molecule has 0 bridgehead atoms. The number of hydrogen-bond donors (Lipinski definition) is 4. The summed E-state index contributed by atoms with van der Waals surface area (Å²) in [5, 5.41) is 23.0. The topological polar surface area (TPSA) is 116 Å². The molecule has 1 aromatic carbocycles. The van der Waals surface area contributed by atoms with Gasteiger partial charge in [0.2, 0.25) is 11.8 Å². The molecule has 1 aliphatic carbocycles. The van der Waals surface area contributed by atoms with E-state index in [0.717, 1.165) is 35.3 Å². The SMILES string of the molecule is Cc1noc(C)c1-c1ccc(N[C@@H]2CC[C@@H](O)C2)c(NC(=O)C2CCC(=O)N2)c1. The van der Waals surface area contributed by atoms with Gasteiger partial charge in [0.15, 0.2) is 0 Å². The number of anilines is 2. The summed E-state index contributed by atoms with van der Waals surface area (Å²) in [5.41, 5.74) is 4.00. The van der Waals surface area contributed by atoms with Crippen molar-refractivity contribution in [3.05, 3.63) is 29.7 Å². The summed E-state index contributed by atoms with van der Waals surface area (Å²) < 4.78 is 5.29. The largest absolute Gasteiger partial charge is 0.393 e. The molecule has 1 aromatic heterocycles. The van der Waals surface area contributed by atoms with Gasteiger partial charge in [-0.05, 0) is 57.2 Å². The van der Waals surface area contributed by atoms with Gasteiger partial charge in [-0.2, -0.15) is 0 Å². The number of carbonyl (C=O) groups excluding carboxylic acids is 2. The van der Waals surface area contributed by atoms with E-state index in [1.165, 1.54) is 0 Å². The molecule has 1 saturated heterocycles. The number of aliphatic hydroxyl groups excluding tert-OH is 1. The maximum Gasteiger partial charge on any atom is 0.247 e. The van der Waals surface area contributed by atoms with E-state index in [-0.39, 0.29) is 24.0 Å². The minimum absolute atomic E-state index is 0.104. The van der Waals surface area contributed by atoms with Crippen LogP contribution >= 0.6 is 0 Å². The Bertz CT molecular complexity index is 919. The number of nitrogens with zero attached hydrogens (tertiary/aromatic N) is 1. The summed E-state index contributed by atoms with van der Waals surface area (Å²) in [5.74, 6) is 0.372. The lowest BCUT2D eigenvalue weighted by molar-refractivity contribution is -0.122. The van der Waals surface area contributed by atoms with Crippen LogP contribution in [0.3, 0.4) is 0 Å². The first-order valence-electron chi connectivity index (χ1n) is 10.0. The van der Waals surface area contributed by atoms with Gasteiger partial charge in [-0.3, -0.25) is 9.59 Å². The van der Waals surface area contributed by atoms with Crippen LogP contribution < -0.4 is 16.0 Å². The zero-order valence-corrected chi connectivity index (χ0v) is 16.6. The molecule has 1 saturated carbocycles. The van der Waals surface area contributed by atoms with Crippen molar-refractivity contribution in [1.29, 1.82) is 0 Å². The average Bonchev–Trinajstić information content (AvgIpc) is 3.38. The number of aromatic nitrogens is 1. The number of amides is 2. The Morgan fingerprint density at radius 3 is 2.69 bits per heavy atom. The van der Waals surface area contributed by atoms with E-state index >= 15 is 0 Å². The maximum atomic E-state index is 12.7. The first-order valence-corrected chi connectivity index (χ1v) is 10.0. The highest BCUT2D eigenvalue weighted by Crippen LogP contribution is 2.34. The van der Waals surface area contributed by atoms with Gasteiger partial charge in [-0.1, -0.05) is 11.2 Å². The third-order valence-electron chi connectivity index (χ3n) is 5.68. The smallest absolute Gasteiger partial charge is 0.247 e. The number of nitrogens with one attached hydrogen (secondary N) is 3. The van der Waals surface area contributed by atoms with Crippen molar-refractivity contribution >= 4 is 23.2 Å². The van der Waals surface area contributed by atoms with Crippen molar-refractivity contribution in [3.63, 3.8) is 0 Å². The molecule has 29 heavy (non-hydrogen) atoms. The van der Waals surface area contributed by atoms with Crippen molar-refractivity contribution in [2.45, 2.75) is 64.1 Å². The Morgan fingerprint density at radius 2 is 2.07 bits per heavy atom. The van der Waals surface area contributed by atoms with Crippen LogP contribution in [-0.4, -0.2) is 40.3 Å². The van der Waals surface area contributed by atoms with Gasteiger partial charge >= 0.3 is 0 Å². The van der Waals surface area contributed by atoms with Gasteiger partial charge in [0.05, 0.1) is 23.2 Å². The molecule has 2 heterocycles. The third-order valence-corrected chi connectivity index (χ3v) is 5.68. The Labute approximate surface area is 169 Å². The zero-order chi connectivity index (χ0) is 20.5. The van der Waals surface area contributed by atoms with E-state index in [0.29, 0.717) is 30.7 Å². The number of rotatable bonds is 5. The molecule has 2 aliphatic rings. The Morgan fingerprint density at radius 1 is 1.24 bits per heavy atom. The standard InChI is InChI=1S/C21H26N4O4/c1-11-20(12(2)29-25-11)13-3-6-16(22-14-4-5-15(26)10-14)18(9-13)24-21(28)17-7-8-19(27)23-17/h3,6,9,14-15,17,22,26H,4-5,7-8,10H2,1-2H3,(H,23,27)(H,24,28)/t14-,15-,17?/m1/s1. The average molecular weight is 398 g/mol. The van der Waals surface area contributed by atoms with Crippen LogP contribution in [0.4, 0.5) is 11.4 Å². The second kappa shape index (κ2) is 7.87. The first-order chi connectivity index (χ1) is 13.9. The second-order valence-electron chi connectivity index (χ2n) is 7.92. The van der Waals surface area contributed by atoms with Crippen LogP contribution in [0.15, 0.2) is 22.7 Å². The van der Waals surface area contributed by atoms with Crippen molar-refractivity contribution in [3.8, 4) is 11.1 Å². The lowest BCUT2D eigenvalue weighted by Crippen LogP contribution is -2.37. The Balaban J connectivity index is 1.63. The van der Waals surface area contributed by atoms with E-state index in [2.05, 4.69) is 21.1 Å². The van der Waals surface area contributed by atoms with Crippen LogP contribution in [0, 0.1) is 13.8 Å². The molecule has 8 heteroatoms. The minimum Gasteiger partial charge on any atom is -0.393 e. The molecule has 2 fully saturated rings. The van der Waals surface area contributed by atoms with Crippen LogP contribution in [0.25, 0.3) is 11.1 Å². The minimum atomic E-state index is -0.522. The van der Waals surface area contributed by atoms with Gasteiger partial charge in [0.25, 0.3) is 0 Å². The van der Waals surface area contributed by atoms with E-state index in [4.69, 9.17) is 4.52 Å². The Kier molecular flexibility index (Phi) is 5.27. The van der Waals surface area contributed by atoms with Crippen LogP contribution in [-0.2, 0) is 9.59 Å². The van der Waals surface area contributed by atoms with E-state index in [9.17, 15) is 14.7 Å². The summed E-state index contributed by atoms with van der Waals surface area (Å²) in [7, 11) is 0. The molecular formula is C21H26N4O4. The highest BCUT2D eigenvalue weighted by molar-refractivity contribution is 6.01. The molecule has 4 N–H and O–H groups in total. The fourth-order valence-corrected chi connectivity index (χ4v) is 4.16. The molecule has 1 unspecified atom stereocenters. The third kappa shape index (κ3) is 4.12. The predicted octanol–water partition coefficient (Wildman–Crippen LogP) is 2.50. The molecule has 3 atom stereocenters. The molecule has 2 aromatic rings. The van der Waals surface area contributed by atoms with Gasteiger partial charge in [0.1, 0.15) is 11.8 Å². The molecule has 0 spiro atoms. The van der Waals surface area contributed by atoms with Crippen LogP contribution in [0.5, 0.6) is 0 Å². The van der Waals surface area contributed by atoms with E-state index in [1.807, 2.05) is 32.0 Å². The Hall–Kier alpha value is -2.87. The summed E-state index contributed by atoms with van der Waals surface area (Å²) in [4.78, 5) is 24.2. The molecule has 0 radical (unpaired) electrons. The summed E-state index contributed by atoms with van der Waals surface area (Å²) in [6.45, 7) is 3.73. The summed E-state index contributed by atoms with van der Waals surface area (Å²) in [6.07, 6.45) is 2.88. The van der Waals surface area contributed by atoms with Crippen molar-refractivity contribution in [1.82, 2.24) is 10.5 Å². The van der Waals surface area contributed by atoms with Gasteiger partial charge < -0.3 is 25.6 Å². The van der Waals surface area contributed by atoms with E-state index in [1.54, 1.807) is 0 Å². The van der Waals surface area contributed by atoms with Crippen LogP contribution in [0.1, 0.15) is 43.6 Å². The molecule has 1 aliphatic heterocycles. The van der Waals surface area contributed by atoms with Crippen molar-refractivity contribution in [2.24, 2.45) is 0 Å². The fourth-order valence-electron chi connectivity index (χ4n) is 4.16. The molecule has 4 rings (SSSR count). The van der Waals surface area contributed by atoms with Crippen molar-refractivity contribution < 1.29 is 19.2 Å². The van der Waals surface area contributed by atoms with Crippen molar-refractivity contribution in [2.75, 3.05) is 10.6 Å². The molecule has 8 nitrogen and oxygen atoms in total. The molecule has 2 amide bonds. The summed E-state index contributed by atoms with van der Waals surface area (Å²) >= 11 is 0. The number of hydrogen-bond acceptors (Lipinski definition) is 6. The number of carbonyl (C=O) groups is 2. The highest BCUT2D eigenvalue weighted by Gasteiger charge is 2.28. The van der Waals surface area contributed by atoms with Crippen LogP contribution in [0.2, 0.25) is 0 Å². The quantitative estimate of drug-likeness (QED) is 0.615. The zero-order valence-electron chi connectivity index (χ0n) is 16.6. The molecular weight excluding hydrogens is 372 g/mol. The highest BCUT2D eigenvalue weighted by atomic mass is 16.5. The van der Waals surface area contributed by atoms with Gasteiger partial charge in [0, 0.05) is 18.0 Å². The van der Waals surface area contributed by atoms with E-state index < -0.39 is 6.04 Å². The summed E-state index contributed by atoms with van der Waals surface area (Å²) in [6, 6.07) is 5.42. The number of benzene rings is 1. The second-order valence-corrected chi connectivity index (χ2v) is 7.92. The normalized spacial score (nSPS) is 23.8.